The summed E-state index contributed by atoms with van der Waals surface area (Å²) in [6.45, 7) is 2.71. The van der Waals surface area contributed by atoms with E-state index in [1.807, 2.05) is 37.3 Å². The van der Waals surface area contributed by atoms with Crippen molar-refractivity contribution in [2.75, 3.05) is 6.54 Å². The molecule has 1 aromatic carbocycles. The summed E-state index contributed by atoms with van der Waals surface area (Å²) in [6, 6.07) is 9.18. The maximum absolute atomic E-state index is 12.8. The molecular formula is C19H19N5O2. The van der Waals surface area contributed by atoms with Gasteiger partial charge >= 0.3 is 0 Å². The van der Waals surface area contributed by atoms with Crippen molar-refractivity contribution in [1.82, 2.24) is 24.4 Å². The summed E-state index contributed by atoms with van der Waals surface area (Å²) in [5.74, 6) is 0.531. The van der Waals surface area contributed by atoms with E-state index in [0.717, 1.165) is 5.56 Å². The van der Waals surface area contributed by atoms with Gasteiger partial charge in [-0.1, -0.05) is 30.3 Å². The van der Waals surface area contributed by atoms with Gasteiger partial charge in [-0.25, -0.2) is 9.97 Å². The Hall–Kier alpha value is -3.22. The Morgan fingerprint density at radius 3 is 2.81 bits per heavy atom. The second-order valence-corrected chi connectivity index (χ2v) is 6.40. The second kappa shape index (κ2) is 6.59. The molecule has 3 heterocycles. The van der Waals surface area contributed by atoms with Crippen molar-refractivity contribution in [3.05, 3.63) is 70.7 Å². The molecule has 0 spiro atoms. The Kier molecular flexibility index (Phi) is 4.12. The van der Waals surface area contributed by atoms with Crippen LogP contribution in [0.2, 0.25) is 0 Å². The molecular weight excluding hydrogens is 330 g/mol. The van der Waals surface area contributed by atoms with Gasteiger partial charge in [0.05, 0.1) is 18.6 Å². The lowest BCUT2D eigenvalue weighted by molar-refractivity contribution is -0.135. The minimum atomic E-state index is -0.338. The average Bonchev–Trinajstić information content (AvgIpc) is 3.22. The number of aromatic amines is 1. The molecule has 7 heteroatoms. The van der Waals surface area contributed by atoms with Crippen molar-refractivity contribution in [2.24, 2.45) is 0 Å². The quantitative estimate of drug-likeness (QED) is 0.781. The van der Waals surface area contributed by atoms with Gasteiger partial charge < -0.3 is 14.5 Å². The number of carbonyl (C=O) groups excluding carboxylic acids is 1. The first-order valence-corrected chi connectivity index (χ1v) is 8.57. The Balaban J connectivity index is 1.63. The zero-order chi connectivity index (χ0) is 18.1. The normalized spacial score (nSPS) is 14.7. The molecule has 1 aliphatic rings. The van der Waals surface area contributed by atoms with E-state index in [1.54, 1.807) is 28.2 Å². The number of aromatic nitrogens is 4. The number of nitrogens with one attached hydrogen (secondary N) is 1. The molecule has 26 heavy (non-hydrogen) atoms. The first-order chi connectivity index (χ1) is 12.6. The van der Waals surface area contributed by atoms with E-state index in [2.05, 4.69) is 15.0 Å². The van der Waals surface area contributed by atoms with Gasteiger partial charge in [0.2, 0.25) is 5.91 Å². The molecule has 0 unspecified atom stereocenters. The highest BCUT2D eigenvalue weighted by Crippen LogP contribution is 2.20. The van der Waals surface area contributed by atoms with E-state index in [-0.39, 0.29) is 17.5 Å². The molecule has 3 aromatic rings. The van der Waals surface area contributed by atoms with Crippen molar-refractivity contribution in [2.45, 2.75) is 25.9 Å². The van der Waals surface area contributed by atoms with Gasteiger partial charge in [-0.15, -0.1) is 0 Å². The van der Waals surface area contributed by atoms with Gasteiger partial charge in [0, 0.05) is 30.1 Å². The number of rotatable bonds is 3. The monoisotopic (exact) mass is 349 g/mol. The molecule has 132 valence electrons. The molecule has 1 N–H and O–H groups in total. The smallest absolute Gasteiger partial charge is 0.254 e. The average molecular weight is 349 g/mol. The van der Waals surface area contributed by atoms with Gasteiger partial charge in [-0.3, -0.25) is 9.59 Å². The summed E-state index contributed by atoms with van der Waals surface area (Å²) < 4.78 is 1.78. The molecule has 0 aliphatic carbocycles. The summed E-state index contributed by atoms with van der Waals surface area (Å²) in [6.07, 6.45) is 5.57. The molecule has 0 saturated heterocycles. The molecule has 1 atom stereocenters. The van der Waals surface area contributed by atoms with Crippen LogP contribution in [0.5, 0.6) is 0 Å². The van der Waals surface area contributed by atoms with E-state index < -0.39 is 0 Å². The van der Waals surface area contributed by atoms with Crippen molar-refractivity contribution in [1.29, 1.82) is 0 Å². The van der Waals surface area contributed by atoms with Crippen LogP contribution in [0.4, 0.5) is 0 Å². The Morgan fingerprint density at radius 2 is 2.08 bits per heavy atom. The van der Waals surface area contributed by atoms with E-state index in [4.69, 9.17) is 0 Å². The van der Waals surface area contributed by atoms with Crippen molar-refractivity contribution in [3.8, 4) is 11.4 Å². The van der Waals surface area contributed by atoms with E-state index in [0.29, 0.717) is 36.6 Å². The first-order valence-electron chi connectivity index (χ1n) is 8.57. The highest BCUT2D eigenvalue weighted by molar-refractivity contribution is 5.80. The van der Waals surface area contributed by atoms with Crippen LogP contribution in [-0.2, 0) is 17.8 Å². The van der Waals surface area contributed by atoms with Gasteiger partial charge in [0.1, 0.15) is 11.9 Å². The SMILES string of the molecule is C[C@@H](C(=O)N1CCc2c(nc(-c3ccccc3)[nH]c2=O)C1)n1ccnc1. The summed E-state index contributed by atoms with van der Waals surface area (Å²) in [4.78, 5) is 38.5. The summed E-state index contributed by atoms with van der Waals surface area (Å²) in [5.41, 5.74) is 2.07. The van der Waals surface area contributed by atoms with Crippen molar-refractivity contribution >= 4 is 5.91 Å². The Morgan fingerprint density at radius 1 is 1.27 bits per heavy atom. The summed E-state index contributed by atoms with van der Waals surface area (Å²) in [7, 11) is 0. The number of imidazole rings is 1. The lowest BCUT2D eigenvalue weighted by Gasteiger charge is -2.30. The maximum atomic E-state index is 12.8. The predicted molar refractivity (Wildman–Crippen MR) is 96.4 cm³/mol. The lowest BCUT2D eigenvalue weighted by Crippen LogP contribution is -2.42. The van der Waals surface area contributed by atoms with Gasteiger partial charge in [-0.2, -0.15) is 0 Å². The van der Waals surface area contributed by atoms with Crippen LogP contribution in [-0.4, -0.2) is 36.9 Å². The number of carbonyl (C=O) groups is 1. The molecule has 4 rings (SSSR count). The van der Waals surface area contributed by atoms with E-state index in [1.165, 1.54) is 0 Å². The van der Waals surface area contributed by atoms with Gasteiger partial charge in [0.15, 0.2) is 0 Å². The molecule has 0 saturated carbocycles. The highest BCUT2D eigenvalue weighted by atomic mass is 16.2. The topological polar surface area (TPSA) is 83.9 Å². The van der Waals surface area contributed by atoms with Crippen molar-refractivity contribution < 1.29 is 4.79 Å². The Labute approximate surface area is 150 Å². The van der Waals surface area contributed by atoms with Crippen LogP contribution >= 0.6 is 0 Å². The number of benzene rings is 1. The highest BCUT2D eigenvalue weighted by Gasteiger charge is 2.28. The van der Waals surface area contributed by atoms with Gasteiger partial charge in [0.25, 0.3) is 5.56 Å². The third-order valence-electron chi connectivity index (χ3n) is 4.76. The van der Waals surface area contributed by atoms with Crippen LogP contribution in [0.15, 0.2) is 53.8 Å². The number of nitrogens with zero attached hydrogens (tertiary/aromatic N) is 4. The fourth-order valence-corrected chi connectivity index (χ4v) is 3.25. The molecule has 0 fully saturated rings. The van der Waals surface area contributed by atoms with E-state index >= 15 is 0 Å². The molecule has 0 radical (unpaired) electrons. The maximum Gasteiger partial charge on any atom is 0.254 e. The largest absolute Gasteiger partial charge is 0.335 e. The fraction of sp³-hybridized carbons (Fsp3) is 0.263. The Bertz CT molecular complexity index is 979. The van der Waals surface area contributed by atoms with Crippen LogP contribution in [0.25, 0.3) is 11.4 Å². The number of amides is 1. The number of H-pyrrole nitrogens is 1. The zero-order valence-electron chi connectivity index (χ0n) is 14.4. The number of hydrogen-bond acceptors (Lipinski definition) is 4. The van der Waals surface area contributed by atoms with Crippen LogP contribution < -0.4 is 5.56 Å². The molecule has 1 amide bonds. The third-order valence-corrected chi connectivity index (χ3v) is 4.76. The first kappa shape index (κ1) is 16.3. The third kappa shape index (κ3) is 2.92. The second-order valence-electron chi connectivity index (χ2n) is 6.40. The molecule has 7 nitrogen and oxygen atoms in total. The minimum Gasteiger partial charge on any atom is -0.335 e. The molecule has 0 bridgehead atoms. The number of fused-ring (bicyclic) bond motifs is 1. The molecule has 1 aliphatic heterocycles. The molecule has 2 aromatic heterocycles. The van der Waals surface area contributed by atoms with Gasteiger partial charge in [-0.05, 0) is 13.3 Å². The van der Waals surface area contributed by atoms with E-state index in [9.17, 15) is 9.59 Å². The minimum absolute atomic E-state index is 0.00278. The van der Waals surface area contributed by atoms with Crippen LogP contribution in [0, 0.1) is 0 Å². The van der Waals surface area contributed by atoms with Crippen LogP contribution in [0.3, 0.4) is 0 Å². The van der Waals surface area contributed by atoms with Crippen molar-refractivity contribution in [3.63, 3.8) is 0 Å². The summed E-state index contributed by atoms with van der Waals surface area (Å²) in [5, 5.41) is 0. The predicted octanol–water partition coefficient (Wildman–Crippen LogP) is 1.78. The van der Waals surface area contributed by atoms with Crippen LogP contribution in [0.1, 0.15) is 24.2 Å². The summed E-state index contributed by atoms with van der Waals surface area (Å²) >= 11 is 0. The zero-order valence-corrected chi connectivity index (χ0v) is 14.4. The standard InChI is InChI=1S/C19H19N5O2/c1-13(24-10-8-20-12-24)19(26)23-9-7-15-16(11-23)21-17(22-18(15)25)14-5-3-2-4-6-14/h2-6,8,10,12-13H,7,9,11H2,1H3,(H,21,22,25)/t13-/m0/s1. The fourth-order valence-electron chi connectivity index (χ4n) is 3.25. The number of hydrogen-bond donors (Lipinski definition) is 1. The lowest BCUT2D eigenvalue weighted by atomic mass is 10.0.